The summed E-state index contributed by atoms with van der Waals surface area (Å²) in [5.41, 5.74) is 3.68. The molecule has 0 spiro atoms. The van der Waals surface area contributed by atoms with Gasteiger partial charge in [-0.1, -0.05) is 17.7 Å². The van der Waals surface area contributed by atoms with Gasteiger partial charge in [-0.15, -0.1) is 11.3 Å². The third-order valence-corrected chi connectivity index (χ3v) is 4.44. The van der Waals surface area contributed by atoms with E-state index >= 15 is 0 Å². The van der Waals surface area contributed by atoms with Crippen LogP contribution in [0.25, 0.3) is 0 Å². The monoisotopic (exact) mass is 377 g/mol. The molecule has 90 valence electrons. The second-order valence-corrected chi connectivity index (χ2v) is 6.80. The molecule has 1 aromatic heterocycles. The van der Waals surface area contributed by atoms with Gasteiger partial charge in [0.05, 0.1) is 4.34 Å². The molecule has 0 radical (unpaired) electrons. The second-order valence-electron chi connectivity index (χ2n) is 4.01. The summed E-state index contributed by atoms with van der Waals surface area (Å²) >= 11 is 9.86. The molecule has 0 saturated carbocycles. The molecule has 1 atom stereocenters. The number of nitrogens with one attached hydrogen (secondary N) is 1. The summed E-state index contributed by atoms with van der Waals surface area (Å²) in [6.07, 6.45) is 0. The summed E-state index contributed by atoms with van der Waals surface area (Å²) in [6.45, 7) is 4.27. The number of halogens is 2. The molecule has 0 aliphatic rings. The molecule has 0 aliphatic heterocycles. The Morgan fingerprint density at radius 3 is 2.76 bits per heavy atom. The summed E-state index contributed by atoms with van der Waals surface area (Å²) < 4.78 is 2.08. The van der Waals surface area contributed by atoms with Crippen LogP contribution in [0.5, 0.6) is 0 Å². The molecule has 0 amide bonds. The fourth-order valence-corrected chi connectivity index (χ4v) is 3.09. The molecule has 1 nitrogen and oxygen atoms in total. The zero-order chi connectivity index (χ0) is 12.4. The van der Waals surface area contributed by atoms with E-state index in [1.54, 1.807) is 11.3 Å². The van der Waals surface area contributed by atoms with Crippen LogP contribution in [0.15, 0.2) is 29.6 Å². The highest BCUT2D eigenvalue weighted by molar-refractivity contribution is 14.1. The summed E-state index contributed by atoms with van der Waals surface area (Å²) in [4.78, 5) is 0. The predicted molar refractivity (Wildman–Crippen MR) is 85.3 cm³/mol. The second kappa shape index (κ2) is 5.59. The number of benzene rings is 1. The average Bonchev–Trinajstić information content (AvgIpc) is 2.70. The van der Waals surface area contributed by atoms with E-state index in [4.69, 9.17) is 11.6 Å². The first-order chi connectivity index (χ1) is 8.06. The third-order valence-electron chi connectivity index (χ3n) is 2.66. The van der Waals surface area contributed by atoms with E-state index < -0.39 is 0 Å². The van der Waals surface area contributed by atoms with Crippen molar-refractivity contribution >= 4 is 51.2 Å². The van der Waals surface area contributed by atoms with E-state index in [0.717, 1.165) is 4.34 Å². The number of aryl methyl sites for hydroxylation is 1. The number of thiophene rings is 1. The first kappa shape index (κ1) is 13.2. The summed E-state index contributed by atoms with van der Waals surface area (Å²) in [5.74, 6) is 0. The molecule has 1 unspecified atom stereocenters. The molecule has 0 aliphatic carbocycles. The van der Waals surface area contributed by atoms with E-state index in [1.807, 2.05) is 6.07 Å². The minimum Gasteiger partial charge on any atom is -0.378 e. The molecule has 1 aromatic carbocycles. The summed E-state index contributed by atoms with van der Waals surface area (Å²) in [6, 6.07) is 8.72. The lowest BCUT2D eigenvalue weighted by Crippen LogP contribution is -2.06. The van der Waals surface area contributed by atoms with E-state index in [1.165, 1.54) is 20.4 Å². The maximum absolute atomic E-state index is 5.95. The van der Waals surface area contributed by atoms with Crippen LogP contribution in [-0.4, -0.2) is 0 Å². The highest BCUT2D eigenvalue weighted by Gasteiger charge is 2.09. The van der Waals surface area contributed by atoms with Gasteiger partial charge in [0.25, 0.3) is 0 Å². The zero-order valence-corrected chi connectivity index (χ0v) is 13.4. The topological polar surface area (TPSA) is 12.0 Å². The average molecular weight is 378 g/mol. The molecule has 1 heterocycles. The van der Waals surface area contributed by atoms with Gasteiger partial charge in [-0.3, -0.25) is 0 Å². The molecular weight excluding hydrogens is 365 g/mol. The molecule has 0 bridgehead atoms. The van der Waals surface area contributed by atoms with E-state index in [-0.39, 0.29) is 6.04 Å². The van der Waals surface area contributed by atoms with Crippen molar-refractivity contribution < 1.29 is 0 Å². The van der Waals surface area contributed by atoms with Gasteiger partial charge in [0, 0.05) is 15.3 Å². The Labute approximate surface area is 124 Å². The Hall–Kier alpha value is -0.260. The SMILES string of the molecule is Cc1ccc(I)cc1NC(C)c1csc(Cl)c1. The fraction of sp³-hybridized carbons (Fsp3) is 0.231. The summed E-state index contributed by atoms with van der Waals surface area (Å²) in [5, 5.41) is 5.62. The van der Waals surface area contributed by atoms with Crippen LogP contribution in [0.3, 0.4) is 0 Å². The van der Waals surface area contributed by atoms with Crippen LogP contribution in [0.4, 0.5) is 5.69 Å². The van der Waals surface area contributed by atoms with Gasteiger partial charge in [-0.05, 0) is 71.1 Å². The normalized spacial score (nSPS) is 12.5. The van der Waals surface area contributed by atoms with Crippen LogP contribution >= 0.6 is 45.5 Å². The van der Waals surface area contributed by atoms with Crippen molar-refractivity contribution in [2.24, 2.45) is 0 Å². The lowest BCUT2D eigenvalue weighted by atomic mass is 10.1. The molecular formula is C13H13ClINS. The van der Waals surface area contributed by atoms with Crippen molar-refractivity contribution in [1.29, 1.82) is 0 Å². The lowest BCUT2D eigenvalue weighted by molar-refractivity contribution is 0.888. The molecule has 2 rings (SSSR count). The number of hydrogen-bond donors (Lipinski definition) is 1. The van der Waals surface area contributed by atoms with Gasteiger partial charge in [0.1, 0.15) is 0 Å². The predicted octanol–water partition coefficient (Wildman–Crippen LogP) is 5.49. The van der Waals surface area contributed by atoms with Crippen molar-refractivity contribution in [3.05, 3.63) is 48.7 Å². The van der Waals surface area contributed by atoms with E-state index in [9.17, 15) is 0 Å². The van der Waals surface area contributed by atoms with Crippen molar-refractivity contribution in [2.45, 2.75) is 19.9 Å². The Morgan fingerprint density at radius 2 is 2.12 bits per heavy atom. The number of anilines is 1. The zero-order valence-electron chi connectivity index (χ0n) is 9.63. The van der Waals surface area contributed by atoms with Gasteiger partial charge in [-0.25, -0.2) is 0 Å². The third kappa shape index (κ3) is 3.36. The van der Waals surface area contributed by atoms with Crippen molar-refractivity contribution in [3.8, 4) is 0 Å². The fourth-order valence-electron chi connectivity index (χ4n) is 1.62. The highest BCUT2D eigenvalue weighted by atomic mass is 127. The minimum atomic E-state index is 0.274. The van der Waals surface area contributed by atoms with E-state index in [2.05, 4.69) is 65.3 Å². The lowest BCUT2D eigenvalue weighted by Gasteiger charge is -2.16. The highest BCUT2D eigenvalue weighted by Crippen LogP contribution is 2.28. The van der Waals surface area contributed by atoms with Crippen LogP contribution in [0.2, 0.25) is 4.34 Å². The van der Waals surface area contributed by atoms with Gasteiger partial charge < -0.3 is 5.32 Å². The molecule has 2 aromatic rings. The largest absolute Gasteiger partial charge is 0.378 e. The van der Waals surface area contributed by atoms with E-state index in [0.29, 0.717) is 0 Å². The maximum atomic E-state index is 5.95. The standard InChI is InChI=1S/C13H13ClINS/c1-8-3-4-11(15)6-12(8)16-9(2)10-5-13(14)17-7-10/h3-7,9,16H,1-2H3. The van der Waals surface area contributed by atoms with Gasteiger partial charge >= 0.3 is 0 Å². The first-order valence-electron chi connectivity index (χ1n) is 5.33. The maximum Gasteiger partial charge on any atom is 0.0931 e. The molecule has 1 N–H and O–H groups in total. The van der Waals surface area contributed by atoms with Crippen LogP contribution in [0.1, 0.15) is 24.1 Å². The Morgan fingerprint density at radius 1 is 1.35 bits per heavy atom. The van der Waals surface area contributed by atoms with Gasteiger partial charge in [0.15, 0.2) is 0 Å². The Kier molecular flexibility index (Phi) is 4.33. The van der Waals surface area contributed by atoms with Gasteiger partial charge in [0.2, 0.25) is 0 Å². The van der Waals surface area contributed by atoms with Crippen molar-refractivity contribution in [2.75, 3.05) is 5.32 Å². The minimum absolute atomic E-state index is 0.274. The Bertz CT molecular complexity index is 524. The first-order valence-corrected chi connectivity index (χ1v) is 7.66. The number of rotatable bonds is 3. The van der Waals surface area contributed by atoms with Crippen molar-refractivity contribution in [1.82, 2.24) is 0 Å². The molecule has 17 heavy (non-hydrogen) atoms. The van der Waals surface area contributed by atoms with Crippen LogP contribution in [0, 0.1) is 10.5 Å². The molecule has 0 fully saturated rings. The van der Waals surface area contributed by atoms with Gasteiger partial charge in [-0.2, -0.15) is 0 Å². The van der Waals surface area contributed by atoms with Crippen LogP contribution < -0.4 is 5.32 Å². The smallest absolute Gasteiger partial charge is 0.0931 e. The molecule has 4 heteroatoms. The quantitative estimate of drug-likeness (QED) is 0.698. The van der Waals surface area contributed by atoms with Crippen LogP contribution in [-0.2, 0) is 0 Å². The summed E-state index contributed by atoms with van der Waals surface area (Å²) in [7, 11) is 0. The Balaban J connectivity index is 2.18. The van der Waals surface area contributed by atoms with Crippen molar-refractivity contribution in [3.63, 3.8) is 0 Å². The molecule has 0 saturated heterocycles. The number of hydrogen-bond acceptors (Lipinski definition) is 2.